The predicted octanol–water partition coefficient (Wildman–Crippen LogP) is 5.06. The van der Waals surface area contributed by atoms with Crippen LogP contribution in [0, 0.1) is 18.7 Å². The largest absolute Gasteiger partial charge is 0.507 e. The number of benzene rings is 1. The fourth-order valence-corrected chi connectivity index (χ4v) is 3.04. The van der Waals surface area contributed by atoms with E-state index in [2.05, 4.69) is 19.9 Å². The van der Waals surface area contributed by atoms with E-state index in [1.165, 1.54) is 30.5 Å². The average molecular weight is 429 g/mol. The van der Waals surface area contributed by atoms with Crippen molar-refractivity contribution in [3.8, 4) is 34.1 Å². The number of aromatic hydroxyl groups is 1. The van der Waals surface area contributed by atoms with Gasteiger partial charge in [0.1, 0.15) is 46.3 Å². The summed E-state index contributed by atoms with van der Waals surface area (Å²) in [6.45, 7) is 1.66. The maximum Gasteiger partial charge on any atom is 0.212 e. The predicted molar refractivity (Wildman–Crippen MR) is 107 cm³/mol. The number of pyridine rings is 2. The third-order valence-electron chi connectivity index (χ3n) is 4.31. The van der Waals surface area contributed by atoms with Crippen LogP contribution < -0.4 is 4.74 Å². The molecule has 3 aromatic heterocycles. The summed E-state index contributed by atoms with van der Waals surface area (Å²) in [6.07, 6.45) is 2.87. The van der Waals surface area contributed by atoms with Crippen LogP contribution in [-0.2, 0) is 6.61 Å². The maximum atomic E-state index is 13.9. The second-order valence-corrected chi connectivity index (χ2v) is 6.90. The summed E-state index contributed by atoms with van der Waals surface area (Å²) in [5.74, 6) is -0.481. The highest BCUT2D eigenvalue weighted by atomic mass is 35.5. The lowest BCUT2D eigenvalue weighted by Gasteiger charge is -2.09. The Labute approximate surface area is 175 Å². The summed E-state index contributed by atoms with van der Waals surface area (Å²) in [7, 11) is 0. The van der Waals surface area contributed by atoms with Gasteiger partial charge in [-0.15, -0.1) is 0 Å². The number of ether oxygens (including phenoxy) is 1. The Morgan fingerprint density at radius 1 is 1.10 bits per heavy atom. The quantitative estimate of drug-likeness (QED) is 0.434. The molecule has 0 saturated heterocycles. The first-order chi connectivity index (χ1) is 14.4. The third-order valence-corrected chi connectivity index (χ3v) is 4.59. The highest BCUT2D eigenvalue weighted by molar-refractivity contribution is 6.32. The Hall–Kier alpha value is -3.52. The Balaban J connectivity index is 1.55. The summed E-state index contributed by atoms with van der Waals surface area (Å²) in [5.41, 5.74) is 2.09. The first kappa shape index (κ1) is 19.8. The van der Waals surface area contributed by atoms with E-state index in [0.29, 0.717) is 34.0 Å². The molecule has 9 heteroatoms. The highest BCUT2D eigenvalue weighted by Gasteiger charge is 2.16. The van der Waals surface area contributed by atoms with E-state index >= 15 is 0 Å². The molecule has 2 N–H and O–H groups in total. The van der Waals surface area contributed by atoms with Crippen molar-refractivity contribution in [1.29, 1.82) is 0 Å². The number of phenolic OH excluding ortho intramolecular Hbond substituents is 1. The van der Waals surface area contributed by atoms with Crippen molar-refractivity contribution in [1.82, 2.24) is 19.9 Å². The number of aryl methyl sites for hydroxylation is 1. The molecular formula is C21H15ClF2N4O2. The van der Waals surface area contributed by atoms with Crippen molar-refractivity contribution in [2.45, 2.75) is 13.5 Å². The van der Waals surface area contributed by atoms with E-state index in [0.717, 1.165) is 0 Å². The molecule has 0 atom stereocenters. The van der Waals surface area contributed by atoms with Crippen molar-refractivity contribution in [2.24, 2.45) is 0 Å². The van der Waals surface area contributed by atoms with Crippen LogP contribution in [0.2, 0.25) is 5.15 Å². The van der Waals surface area contributed by atoms with Gasteiger partial charge in [0.05, 0.1) is 0 Å². The SMILES string of the molecule is Cc1cnc(COc2ccc(-c3nc(-c4ccc(F)nc4)[nH]c3Cl)c(O)c2)c(F)c1. The minimum absolute atomic E-state index is 0.0875. The summed E-state index contributed by atoms with van der Waals surface area (Å²) in [5, 5.41) is 10.6. The molecule has 4 rings (SSSR count). The van der Waals surface area contributed by atoms with Crippen LogP contribution in [0.5, 0.6) is 11.5 Å². The van der Waals surface area contributed by atoms with Gasteiger partial charge < -0.3 is 14.8 Å². The zero-order chi connectivity index (χ0) is 21.3. The Morgan fingerprint density at radius 3 is 2.63 bits per heavy atom. The van der Waals surface area contributed by atoms with Crippen LogP contribution in [-0.4, -0.2) is 25.0 Å². The van der Waals surface area contributed by atoms with Crippen LogP contribution in [0.1, 0.15) is 11.3 Å². The number of nitrogens with one attached hydrogen (secondary N) is 1. The number of H-pyrrole nitrogens is 1. The van der Waals surface area contributed by atoms with Gasteiger partial charge in [0, 0.05) is 29.6 Å². The van der Waals surface area contributed by atoms with E-state index in [4.69, 9.17) is 16.3 Å². The molecule has 4 aromatic rings. The summed E-state index contributed by atoms with van der Waals surface area (Å²) >= 11 is 6.24. The minimum atomic E-state index is -0.606. The minimum Gasteiger partial charge on any atom is -0.507 e. The standard InChI is InChI=1S/C21H15ClF2N4O2/c1-11-6-15(23)16(25-8-11)10-30-13-3-4-14(17(29)7-13)19-20(22)28-21(27-19)12-2-5-18(24)26-9-12/h2-9,29H,10H2,1H3,(H,27,28). The molecule has 3 heterocycles. The smallest absolute Gasteiger partial charge is 0.212 e. The highest BCUT2D eigenvalue weighted by Crippen LogP contribution is 2.36. The molecule has 0 fully saturated rings. The first-order valence-electron chi connectivity index (χ1n) is 8.85. The van der Waals surface area contributed by atoms with E-state index in [1.54, 1.807) is 25.3 Å². The molecule has 0 saturated carbocycles. The van der Waals surface area contributed by atoms with Gasteiger partial charge >= 0.3 is 0 Å². The van der Waals surface area contributed by atoms with Crippen molar-refractivity contribution in [3.63, 3.8) is 0 Å². The maximum absolute atomic E-state index is 13.9. The Morgan fingerprint density at radius 2 is 1.93 bits per heavy atom. The van der Waals surface area contributed by atoms with Crippen LogP contribution in [0.15, 0.2) is 48.8 Å². The molecule has 6 nitrogen and oxygen atoms in total. The lowest BCUT2D eigenvalue weighted by atomic mass is 10.1. The van der Waals surface area contributed by atoms with Crippen molar-refractivity contribution in [2.75, 3.05) is 0 Å². The van der Waals surface area contributed by atoms with Crippen molar-refractivity contribution < 1.29 is 18.6 Å². The number of phenols is 1. The summed E-state index contributed by atoms with van der Waals surface area (Å²) in [6, 6.07) is 8.66. The first-order valence-corrected chi connectivity index (χ1v) is 9.23. The van der Waals surface area contributed by atoms with Gasteiger partial charge in [-0.25, -0.2) is 14.4 Å². The number of hydrogen-bond donors (Lipinski definition) is 2. The van der Waals surface area contributed by atoms with E-state index in [9.17, 15) is 13.9 Å². The van der Waals surface area contributed by atoms with E-state index < -0.39 is 11.8 Å². The third kappa shape index (κ3) is 4.08. The van der Waals surface area contributed by atoms with Gasteiger partial charge in [-0.3, -0.25) is 4.98 Å². The molecule has 0 aliphatic carbocycles. The molecule has 0 aliphatic rings. The average Bonchev–Trinajstić information content (AvgIpc) is 3.09. The van der Waals surface area contributed by atoms with Crippen LogP contribution in [0.4, 0.5) is 8.78 Å². The molecule has 0 unspecified atom stereocenters. The number of halogens is 3. The molecule has 0 spiro atoms. The molecule has 152 valence electrons. The molecular weight excluding hydrogens is 414 g/mol. The molecule has 0 bridgehead atoms. The molecule has 1 aromatic carbocycles. The van der Waals surface area contributed by atoms with Crippen LogP contribution in [0.3, 0.4) is 0 Å². The number of hydrogen-bond acceptors (Lipinski definition) is 5. The van der Waals surface area contributed by atoms with Gasteiger partial charge in [-0.1, -0.05) is 11.6 Å². The molecule has 0 amide bonds. The normalized spacial score (nSPS) is 10.9. The fourth-order valence-electron chi connectivity index (χ4n) is 2.80. The zero-order valence-electron chi connectivity index (χ0n) is 15.7. The Kier molecular flexibility index (Phi) is 5.33. The number of imidazole rings is 1. The van der Waals surface area contributed by atoms with Crippen molar-refractivity contribution >= 4 is 11.6 Å². The Bertz CT molecular complexity index is 1210. The summed E-state index contributed by atoms with van der Waals surface area (Å²) in [4.78, 5) is 14.8. The fraction of sp³-hybridized carbons (Fsp3) is 0.0952. The molecule has 0 radical (unpaired) electrons. The van der Waals surface area contributed by atoms with Gasteiger partial charge in [0.25, 0.3) is 0 Å². The second kappa shape index (κ2) is 8.08. The van der Waals surface area contributed by atoms with E-state index in [-0.39, 0.29) is 23.2 Å². The van der Waals surface area contributed by atoms with E-state index in [1.807, 2.05) is 0 Å². The van der Waals surface area contributed by atoms with Gasteiger partial charge in [0.2, 0.25) is 5.95 Å². The molecule has 30 heavy (non-hydrogen) atoms. The number of rotatable bonds is 5. The summed E-state index contributed by atoms with van der Waals surface area (Å²) < 4.78 is 32.4. The van der Waals surface area contributed by atoms with Gasteiger partial charge in [0.15, 0.2) is 0 Å². The lowest BCUT2D eigenvalue weighted by Crippen LogP contribution is -2.02. The molecule has 0 aliphatic heterocycles. The number of aromatic amines is 1. The monoisotopic (exact) mass is 428 g/mol. The zero-order valence-corrected chi connectivity index (χ0v) is 16.4. The number of aromatic nitrogens is 4. The topological polar surface area (TPSA) is 83.9 Å². The van der Waals surface area contributed by atoms with Gasteiger partial charge in [-0.05, 0) is 42.8 Å². The van der Waals surface area contributed by atoms with Crippen LogP contribution >= 0.6 is 11.6 Å². The lowest BCUT2D eigenvalue weighted by molar-refractivity contribution is 0.292. The van der Waals surface area contributed by atoms with Crippen LogP contribution in [0.25, 0.3) is 22.6 Å². The second-order valence-electron chi connectivity index (χ2n) is 6.53. The number of nitrogens with zero attached hydrogens (tertiary/aromatic N) is 3. The van der Waals surface area contributed by atoms with Gasteiger partial charge in [-0.2, -0.15) is 4.39 Å². The van der Waals surface area contributed by atoms with Crippen molar-refractivity contribution in [3.05, 3.63) is 77.0 Å².